The molecular formula is C26H23FN4O3. The lowest BCUT2D eigenvalue weighted by molar-refractivity contribution is 0.0747. The number of methoxy groups -OCH3 is 1. The molecular weight excluding hydrogens is 435 g/mol. The van der Waals surface area contributed by atoms with Crippen LogP contribution in [0.4, 0.5) is 10.1 Å². The van der Waals surface area contributed by atoms with Crippen molar-refractivity contribution in [1.29, 1.82) is 0 Å². The van der Waals surface area contributed by atoms with Crippen molar-refractivity contribution in [3.8, 4) is 28.6 Å². The third-order valence-corrected chi connectivity index (χ3v) is 5.85. The van der Waals surface area contributed by atoms with Gasteiger partial charge in [-0.15, -0.1) is 0 Å². The first-order valence-corrected chi connectivity index (χ1v) is 11.0. The van der Waals surface area contributed by atoms with Gasteiger partial charge in [0.05, 0.1) is 7.11 Å². The molecule has 0 spiro atoms. The Morgan fingerprint density at radius 3 is 2.50 bits per heavy atom. The van der Waals surface area contributed by atoms with E-state index in [1.165, 1.54) is 12.1 Å². The average Bonchev–Trinajstić information content (AvgIpc) is 3.39. The molecule has 0 aliphatic carbocycles. The molecule has 172 valence electrons. The van der Waals surface area contributed by atoms with Crippen molar-refractivity contribution in [3.05, 3.63) is 84.2 Å². The molecule has 0 radical (unpaired) electrons. The smallest absolute Gasteiger partial charge is 0.258 e. The maximum Gasteiger partial charge on any atom is 0.258 e. The number of nitrogens with zero attached hydrogens (tertiary/aromatic N) is 4. The number of hydrogen-bond donors (Lipinski definition) is 0. The number of anilines is 1. The molecule has 1 amide bonds. The first-order valence-electron chi connectivity index (χ1n) is 11.0. The zero-order valence-corrected chi connectivity index (χ0v) is 18.6. The number of benzene rings is 3. The molecule has 5 rings (SSSR count). The van der Waals surface area contributed by atoms with E-state index in [0.717, 1.165) is 24.5 Å². The summed E-state index contributed by atoms with van der Waals surface area (Å²) in [5, 5.41) is 3.96. The summed E-state index contributed by atoms with van der Waals surface area (Å²) in [6.07, 6.45) is 0. The number of aromatic nitrogens is 2. The van der Waals surface area contributed by atoms with E-state index in [-0.39, 0.29) is 17.6 Å². The Hall–Kier alpha value is -4.20. The van der Waals surface area contributed by atoms with Crippen LogP contribution in [0, 0.1) is 5.82 Å². The summed E-state index contributed by atoms with van der Waals surface area (Å²) < 4.78 is 24.2. The van der Waals surface area contributed by atoms with Gasteiger partial charge >= 0.3 is 0 Å². The molecule has 7 nitrogen and oxygen atoms in total. The number of carbonyl (C=O) groups is 1. The summed E-state index contributed by atoms with van der Waals surface area (Å²) in [6, 6.07) is 21.1. The number of piperazine rings is 1. The van der Waals surface area contributed by atoms with E-state index in [1.807, 2.05) is 29.2 Å². The first kappa shape index (κ1) is 21.6. The Bertz CT molecular complexity index is 1310. The van der Waals surface area contributed by atoms with Crippen LogP contribution in [-0.2, 0) is 0 Å². The zero-order valence-electron chi connectivity index (χ0n) is 18.6. The van der Waals surface area contributed by atoms with Gasteiger partial charge < -0.3 is 19.1 Å². The Morgan fingerprint density at radius 2 is 1.71 bits per heavy atom. The van der Waals surface area contributed by atoms with E-state index >= 15 is 0 Å². The molecule has 0 atom stereocenters. The third kappa shape index (κ3) is 4.47. The second kappa shape index (κ2) is 9.35. The lowest BCUT2D eigenvalue weighted by Gasteiger charge is -2.36. The average molecular weight is 458 g/mol. The molecule has 0 unspecified atom stereocenters. The van der Waals surface area contributed by atoms with E-state index < -0.39 is 0 Å². The highest BCUT2D eigenvalue weighted by atomic mass is 19.1. The van der Waals surface area contributed by atoms with Crippen LogP contribution < -0.4 is 9.64 Å². The van der Waals surface area contributed by atoms with Crippen LogP contribution in [0.25, 0.3) is 22.8 Å². The van der Waals surface area contributed by atoms with Crippen molar-refractivity contribution in [2.45, 2.75) is 0 Å². The summed E-state index contributed by atoms with van der Waals surface area (Å²) in [4.78, 5) is 21.6. The molecule has 3 aromatic carbocycles. The molecule has 2 heterocycles. The number of hydrogen-bond acceptors (Lipinski definition) is 6. The topological polar surface area (TPSA) is 71.7 Å². The fourth-order valence-corrected chi connectivity index (χ4v) is 4.03. The molecule has 0 bridgehead atoms. The minimum atomic E-state index is -0.372. The quantitative estimate of drug-likeness (QED) is 0.438. The van der Waals surface area contributed by atoms with Crippen LogP contribution in [0.5, 0.6) is 5.75 Å². The molecule has 1 fully saturated rings. The maximum atomic E-state index is 13.5. The van der Waals surface area contributed by atoms with Crippen molar-refractivity contribution in [1.82, 2.24) is 15.0 Å². The van der Waals surface area contributed by atoms with Gasteiger partial charge in [0, 0.05) is 54.6 Å². The molecule has 1 aliphatic rings. The van der Waals surface area contributed by atoms with Gasteiger partial charge in [0.25, 0.3) is 11.8 Å². The molecule has 0 N–H and O–H groups in total. The fourth-order valence-electron chi connectivity index (χ4n) is 4.03. The lowest BCUT2D eigenvalue weighted by atomic mass is 10.1. The third-order valence-electron chi connectivity index (χ3n) is 5.85. The number of amides is 1. The van der Waals surface area contributed by atoms with Crippen molar-refractivity contribution in [2.24, 2.45) is 0 Å². The molecule has 1 aliphatic heterocycles. The predicted octanol–water partition coefficient (Wildman–Crippen LogP) is 4.51. The molecule has 34 heavy (non-hydrogen) atoms. The Morgan fingerprint density at radius 1 is 0.941 bits per heavy atom. The van der Waals surface area contributed by atoms with Crippen LogP contribution in [0.15, 0.2) is 77.3 Å². The Balaban J connectivity index is 1.28. The summed E-state index contributed by atoms with van der Waals surface area (Å²) in [5.41, 5.74) is 2.80. The van der Waals surface area contributed by atoms with Crippen molar-refractivity contribution in [2.75, 3.05) is 38.2 Å². The first-order chi connectivity index (χ1) is 16.6. The van der Waals surface area contributed by atoms with Crippen molar-refractivity contribution in [3.63, 3.8) is 0 Å². The van der Waals surface area contributed by atoms with E-state index in [1.54, 1.807) is 43.5 Å². The van der Waals surface area contributed by atoms with Crippen LogP contribution in [0.1, 0.15) is 10.4 Å². The van der Waals surface area contributed by atoms with Gasteiger partial charge in [-0.3, -0.25) is 4.79 Å². The van der Waals surface area contributed by atoms with Gasteiger partial charge in [0.2, 0.25) is 5.82 Å². The molecule has 8 heteroatoms. The molecule has 4 aromatic rings. The SMILES string of the molecule is COc1cccc(N2CCN(C(=O)c3cccc(-c4nc(-c5cccc(F)c5)no4)c3)CC2)c1. The Kier molecular flexibility index (Phi) is 5.95. The van der Waals surface area contributed by atoms with Gasteiger partial charge in [0.15, 0.2) is 0 Å². The normalized spacial score (nSPS) is 13.7. The predicted molar refractivity (Wildman–Crippen MR) is 126 cm³/mol. The second-order valence-electron chi connectivity index (χ2n) is 8.00. The zero-order chi connectivity index (χ0) is 23.5. The number of carbonyl (C=O) groups excluding carboxylic acids is 1. The van der Waals surface area contributed by atoms with E-state index in [4.69, 9.17) is 9.26 Å². The van der Waals surface area contributed by atoms with Gasteiger partial charge in [-0.2, -0.15) is 4.98 Å². The molecule has 0 saturated carbocycles. The van der Waals surface area contributed by atoms with Crippen LogP contribution >= 0.6 is 0 Å². The summed E-state index contributed by atoms with van der Waals surface area (Å²) in [6.45, 7) is 2.70. The van der Waals surface area contributed by atoms with Crippen LogP contribution in [0.3, 0.4) is 0 Å². The Labute approximate surface area is 196 Å². The minimum Gasteiger partial charge on any atom is -0.497 e. The van der Waals surface area contributed by atoms with Crippen molar-refractivity contribution < 1.29 is 18.4 Å². The van der Waals surface area contributed by atoms with Gasteiger partial charge in [-0.1, -0.05) is 29.4 Å². The number of rotatable bonds is 5. The highest BCUT2D eigenvalue weighted by Crippen LogP contribution is 2.25. The number of halogens is 1. The highest BCUT2D eigenvalue weighted by Gasteiger charge is 2.23. The second-order valence-corrected chi connectivity index (χ2v) is 8.00. The monoisotopic (exact) mass is 458 g/mol. The van der Waals surface area contributed by atoms with Gasteiger partial charge in [-0.25, -0.2) is 4.39 Å². The molecule has 1 saturated heterocycles. The van der Waals surface area contributed by atoms with Crippen LogP contribution in [0.2, 0.25) is 0 Å². The standard InChI is InChI=1S/C26H23FN4O3/c1-33-23-10-4-9-22(17-23)30-11-13-31(14-12-30)26(32)20-7-2-6-19(15-20)25-28-24(29-34-25)18-5-3-8-21(27)16-18/h2-10,15-17H,11-14H2,1H3. The van der Waals surface area contributed by atoms with E-state index in [2.05, 4.69) is 15.0 Å². The van der Waals surface area contributed by atoms with Gasteiger partial charge in [0.1, 0.15) is 11.6 Å². The minimum absolute atomic E-state index is 0.0444. The molecule has 1 aromatic heterocycles. The van der Waals surface area contributed by atoms with Crippen molar-refractivity contribution >= 4 is 11.6 Å². The number of ether oxygens (including phenoxy) is 1. The van der Waals surface area contributed by atoms with Crippen LogP contribution in [-0.4, -0.2) is 54.2 Å². The van der Waals surface area contributed by atoms with Gasteiger partial charge in [-0.05, 0) is 42.5 Å². The lowest BCUT2D eigenvalue weighted by Crippen LogP contribution is -2.48. The summed E-state index contributed by atoms with van der Waals surface area (Å²) in [7, 11) is 1.65. The van der Waals surface area contributed by atoms with E-state index in [0.29, 0.717) is 35.6 Å². The van der Waals surface area contributed by atoms with E-state index in [9.17, 15) is 9.18 Å². The maximum absolute atomic E-state index is 13.5. The fraction of sp³-hybridized carbons (Fsp3) is 0.192. The summed E-state index contributed by atoms with van der Waals surface area (Å²) in [5.74, 6) is 0.964. The highest BCUT2D eigenvalue weighted by molar-refractivity contribution is 5.95. The largest absolute Gasteiger partial charge is 0.497 e. The summed E-state index contributed by atoms with van der Waals surface area (Å²) >= 11 is 0.